The van der Waals surface area contributed by atoms with Gasteiger partial charge in [0, 0.05) is 22.6 Å². The third-order valence-electron chi connectivity index (χ3n) is 3.28. The summed E-state index contributed by atoms with van der Waals surface area (Å²) >= 11 is 6.23. The highest BCUT2D eigenvalue weighted by atomic mass is 35.5. The average Bonchev–Trinajstić information content (AvgIpc) is 2.68. The highest BCUT2D eigenvalue weighted by Crippen LogP contribution is 2.29. The lowest BCUT2D eigenvalue weighted by Gasteiger charge is -2.12. The summed E-state index contributed by atoms with van der Waals surface area (Å²) in [5.74, 6) is 0.744. The SMILES string of the molecule is CCOc1ccc(-n2c(C)cc(C(C)=O)c2C)cc1Cl. The van der Waals surface area contributed by atoms with Crippen LogP contribution in [0.15, 0.2) is 24.3 Å². The topological polar surface area (TPSA) is 31.2 Å². The molecule has 3 nitrogen and oxygen atoms in total. The molecule has 0 atom stereocenters. The second kappa shape index (κ2) is 5.71. The quantitative estimate of drug-likeness (QED) is 0.784. The molecule has 0 spiro atoms. The van der Waals surface area contributed by atoms with Crippen LogP contribution >= 0.6 is 11.6 Å². The fraction of sp³-hybridized carbons (Fsp3) is 0.312. The molecule has 1 aromatic carbocycles. The van der Waals surface area contributed by atoms with E-state index in [1.807, 2.05) is 49.6 Å². The Labute approximate surface area is 124 Å². The minimum atomic E-state index is 0.0707. The minimum Gasteiger partial charge on any atom is -0.492 e. The van der Waals surface area contributed by atoms with Crippen LogP contribution in [0.4, 0.5) is 0 Å². The van der Waals surface area contributed by atoms with E-state index in [1.165, 1.54) is 0 Å². The van der Waals surface area contributed by atoms with Crippen LogP contribution in [0.1, 0.15) is 35.6 Å². The standard InChI is InChI=1S/C16H18ClNO2/c1-5-20-16-7-6-13(9-15(16)17)18-10(2)8-14(11(18)3)12(4)19/h6-9H,5H2,1-4H3. The molecule has 0 amide bonds. The highest BCUT2D eigenvalue weighted by Gasteiger charge is 2.14. The number of aryl methyl sites for hydroxylation is 1. The molecule has 0 N–H and O–H groups in total. The molecule has 0 aliphatic heterocycles. The Morgan fingerprint density at radius 2 is 2.00 bits per heavy atom. The van der Waals surface area contributed by atoms with Gasteiger partial charge in [-0.25, -0.2) is 0 Å². The number of hydrogen-bond acceptors (Lipinski definition) is 2. The summed E-state index contributed by atoms with van der Waals surface area (Å²) in [4.78, 5) is 11.6. The van der Waals surface area contributed by atoms with Crippen molar-refractivity contribution in [1.29, 1.82) is 0 Å². The maximum Gasteiger partial charge on any atom is 0.161 e. The monoisotopic (exact) mass is 291 g/mol. The number of ketones is 1. The van der Waals surface area contributed by atoms with Crippen molar-refractivity contribution in [2.24, 2.45) is 0 Å². The van der Waals surface area contributed by atoms with Crippen molar-refractivity contribution in [2.45, 2.75) is 27.7 Å². The smallest absolute Gasteiger partial charge is 0.161 e. The second-order valence-corrected chi connectivity index (χ2v) is 5.13. The molecule has 0 saturated carbocycles. The van der Waals surface area contributed by atoms with Crippen molar-refractivity contribution in [3.8, 4) is 11.4 Å². The molecule has 1 heterocycles. The Morgan fingerprint density at radius 3 is 2.50 bits per heavy atom. The predicted octanol–water partition coefficient (Wildman–Crippen LogP) is 4.35. The number of halogens is 1. The fourth-order valence-corrected chi connectivity index (χ4v) is 2.65. The highest BCUT2D eigenvalue weighted by molar-refractivity contribution is 6.32. The first-order valence-corrected chi connectivity index (χ1v) is 6.96. The molecule has 0 unspecified atom stereocenters. The van der Waals surface area contributed by atoms with Crippen molar-refractivity contribution in [3.63, 3.8) is 0 Å². The molecular formula is C16H18ClNO2. The van der Waals surface area contributed by atoms with E-state index in [2.05, 4.69) is 0 Å². The van der Waals surface area contributed by atoms with Gasteiger partial charge in [-0.05, 0) is 52.0 Å². The lowest BCUT2D eigenvalue weighted by molar-refractivity contribution is 0.101. The Balaban J connectivity index is 2.52. The molecule has 0 bridgehead atoms. The fourth-order valence-electron chi connectivity index (χ4n) is 2.42. The largest absolute Gasteiger partial charge is 0.492 e. The van der Waals surface area contributed by atoms with E-state index in [9.17, 15) is 4.79 Å². The van der Waals surface area contributed by atoms with Crippen LogP contribution in [-0.4, -0.2) is 17.0 Å². The van der Waals surface area contributed by atoms with Crippen molar-refractivity contribution in [2.75, 3.05) is 6.61 Å². The van der Waals surface area contributed by atoms with E-state index in [0.29, 0.717) is 17.4 Å². The van der Waals surface area contributed by atoms with E-state index in [-0.39, 0.29) is 5.78 Å². The van der Waals surface area contributed by atoms with Crippen LogP contribution in [0.3, 0.4) is 0 Å². The third-order valence-corrected chi connectivity index (χ3v) is 3.58. The Morgan fingerprint density at radius 1 is 1.30 bits per heavy atom. The zero-order chi connectivity index (χ0) is 14.9. The number of aromatic nitrogens is 1. The molecule has 0 fully saturated rings. The van der Waals surface area contributed by atoms with Gasteiger partial charge in [-0.3, -0.25) is 4.79 Å². The molecule has 0 saturated heterocycles. The van der Waals surface area contributed by atoms with E-state index in [4.69, 9.17) is 16.3 Å². The van der Waals surface area contributed by atoms with Gasteiger partial charge in [-0.15, -0.1) is 0 Å². The third kappa shape index (κ3) is 2.59. The van der Waals surface area contributed by atoms with Gasteiger partial charge in [0.05, 0.1) is 11.6 Å². The van der Waals surface area contributed by atoms with E-state index in [0.717, 1.165) is 22.6 Å². The number of nitrogens with zero attached hydrogens (tertiary/aromatic N) is 1. The molecular weight excluding hydrogens is 274 g/mol. The van der Waals surface area contributed by atoms with Gasteiger partial charge in [0.25, 0.3) is 0 Å². The zero-order valence-corrected chi connectivity index (χ0v) is 12.9. The number of benzene rings is 1. The van der Waals surface area contributed by atoms with Crippen LogP contribution < -0.4 is 4.74 Å². The maximum atomic E-state index is 11.6. The van der Waals surface area contributed by atoms with Gasteiger partial charge in [-0.2, -0.15) is 0 Å². The van der Waals surface area contributed by atoms with E-state index >= 15 is 0 Å². The summed E-state index contributed by atoms with van der Waals surface area (Å²) in [5, 5.41) is 0.571. The molecule has 0 radical (unpaired) electrons. The van der Waals surface area contributed by atoms with Crippen molar-refractivity contribution < 1.29 is 9.53 Å². The molecule has 0 aliphatic rings. The van der Waals surface area contributed by atoms with Gasteiger partial charge in [-0.1, -0.05) is 11.6 Å². The molecule has 106 valence electrons. The van der Waals surface area contributed by atoms with Gasteiger partial charge < -0.3 is 9.30 Å². The summed E-state index contributed by atoms with van der Waals surface area (Å²) in [6.07, 6.45) is 0. The number of carbonyl (C=O) groups excluding carboxylic acids is 1. The first-order chi connectivity index (χ1) is 9.45. The number of carbonyl (C=O) groups is 1. The lowest BCUT2D eigenvalue weighted by atomic mass is 10.2. The summed E-state index contributed by atoms with van der Waals surface area (Å²) in [7, 11) is 0. The molecule has 20 heavy (non-hydrogen) atoms. The minimum absolute atomic E-state index is 0.0707. The van der Waals surface area contributed by atoms with Crippen LogP contribution in [0.5, 0.6) is 5.75 Å². The number of Topliss-reactive ketones (excluding diaryl/α,β-unsaturated/α-hetero) is 1. The number of rotatable bonds is 4. The summed E-state index contributed by atoms with van der Waals surface area (Å²) < 4.78 is 7.46. The molecule has 1 aromatic heterocycles. The first kappa shape index (κ1) is 14.7. The van der Waals surface area contributed by atoms with Crippen molar-refractivity contribution in [1.82, 2.24) is 4.57 Å². The summed E-state index contributed by atoms with van der Waals surface area (Å²) in [6.45, 7) is 7.99. The van der Waals surface area contributed by atoms with Crippen LogP contribution in [0, 0.1) is 13.8 Å². The Hall–Kier alpha value is -1.74. The Kier molecular flexibility index (Phi) is 4.19. The van der Waals surface area contributed by atoms with E-state index in [1.54, 1.807) is 6.92 Å². The second-order valence-electron chi connectivity index (χ2n) is 4.72. The van der Waals surface area contributed by atoms with Crippen molar-refractivity contribution in [3.05, 3.63) is 46.2 Å². The van der Waals surface area contributed by atoms with Crippen LogP contribution in [0.2, 0.25) is 5.02 Å². The molecule has 4 heteroatoms. The van der Waals surface area contributed by atoms with Gasteiger partial charge >= 0.3 is 0 Å². The van der Waals surface area contributed by atoms with E-state index < -0.39 is 0 Å². The van der Waals surface area contributed by atoms with Gasteiger partial charge in [0.2, 0.25) is 0 Å². The lowest BCUT2D eigenvalue weighted by Crippen LogP contribution is -2.02. The molecule has 0 aliphatic carbocycles. The van der Waals surface area contributed by atoms with Crippen LogP contribution in [0.25, 0.3) is 5.69 Å². The average molecular weight is 292 g/mol. The number of hydrogen-bond donors (Lipinski definition) is 0. The normalized spacial score (nSPS) is 10.7. The summed E-state index contributed by atoms with van der Waals surface area (Å²) in [5.41, 5.74) is 3.61. The first-order valence-electron chi connectivity index (χ1n) is 6.58. The molecule has 2 aromatic rings. The van der Waals surface area contributed by atoms with Crippen molar-refractivity contribution >= 4 is 17.4 Å². The molecule has 2 rings (SSSR count). The number of ether oxygens (including phenoxy) is 1. The van der Waals surface area contributed by atoms with Gasteiger partial charge in [0.1, 0.15) is 5.75 Å². The summed E-state index contributed by atoms with van der Waals surface area (Å²) in [6, 6.07) is 7.56. The van der Waals surface area contributed by atoms with Crippen LogP contribution in [-0.2, 0) is 0 Å². The predicted molar refractivity (Wildman–Crippen MR) is 81.4 cm³/mol. The maximum absolute atomic E-state index is 11.6. The van der Waals surface area contributed by atoms with Gasteiger partial charge in [0.15, 0.2) is 5.78 Å². The zero-order valence-electron chi connectivity index (χ0n) is 12.2. The Bertz CT molecular complexity index is 659.